The van der Waals surface area contributed by atoms with E-state index in [9.17, 15) is 29.3 Å². The van der Waals surface area contributed by atoms with Gasteiger partial charge in [0.05, 0.1) is 16.8 Å². The van der Waals surface area contributed by atoms with Gasteiger partial charge in [-0.15, -0.1) is 0 Å². The Morgan fingerprint density at radius 3 is 2.41 bits per heavy atom. The zero-order chi connectivity index (χ0) is 24.6. The van der Waals surface area contributed by atoms with E-state index in [-0.39, 0.29) is 22.7 Å². The number of fused-ring (bicyclic) bond motifs is 1. The highest BCUT2D eigenvalue weighted by molar-refractivity contribution is 6.30. The van der Waals surface area contributed by atoms with Crippen LogP contribution in [0.15, 0.2) is 48.5 Å². The quantitative estimate of drug-likeness (QED) is 0.266. The molecule has 1 aliphatic heterocycles. The number of ketones is 1. The predicted molar refractivity (Wildman–Crippen MR) is 122 cm³/mol. The lowest BCUT2D eigenvalue weighted by Gasteiger charge is -2.30. The molecule has 4 rings (SSSR count). The van der Waals surface area contributed by atoms with Crippen LogP contribution in [0.4, 0.5) is 5.69 Å². The summed E-state index contributed by atoms with van der Waals surface area (Å²) in [4.78, 5) is 63.6. The third-order valence-electron chi connectivity index (χ3n) is 6.40. The number of hydrazine groups is 1. The van der Waals surface area contributed by atoms with E-state index in [2.05, 4.69) is 0 Å². The minimum absolute atomic E-state index is 0.109. The molecule has 0 spiro atoms. The molecule has 3 atom stereocenters. The number of nitrogens with zero attached hydrogens (tertiary/aromatic N) is 3. The first-order valence-corrected chi connectivity index (χ1v) is 11.3. The number of nitro benzene ring substituents is 1. The number of rotatable bonds is 6. The molecule has 34 heavy (non-hydrogen) atoms. The number of nitro groups is 1. The summed E-state index contributed by atoms with van der Waals surface area (Å²) in [6.45, 7) is 1.42. The number of Topliss-reactive ketones (excluding diaryl/α,β-unsaturated/α-hetero) is 1. The number of non-ortho nitro benzene ring substituents is 1. The minimum Gasteiger partial charge on any atom is -0.292 e. The lowest BCUT2D eigenvalue weighted by molar-refractivity contribution is -0.384. The van der Waals surface area contributed by atoms with Gasteiger partial charge in [-0.25, -0.2) is 5.01 Å². The second-order valence-electron chi connectivity index (χ2n) is 8.72. The molecule has 1 saturated heterocycles. The third-order valence-corrected chi connectivity index (χ3v) is 6.66. The topological polar surface area (TPSA) is 118 Å². The molecule has 10 heteroatoms. The number of halogens is 1. The Labute approximate surface area is 200 Å². The van der Waals surface area contributed by atoms with E-state index >= 15 is 0 Å². The zero-order valence-corrected chi connectivity index (χ0v) is 19.1. The molecule has 9 nitrogen and oxygen atoms in total. The van der Waals surface area contributed by atoms with Gasteiger partial charge in [0.15, 0.2) is 5.78 Å². The summed E-state index contributed by atoms with van der Waals surface area (Å²) in [7, 11) is 0. The Hall–Kier alpha value is -3.59. The number of imide groups is 1. The largest absolute Gasteiger partial charge is 0.292 e. The van der Waals surface area contributed by atoms with E-state index < -0.39 is 46.8 Å². The van der Waals surface area contributed by atoms with Crippen LogP contribution in [0.5, 0.6) is 0 Å². The van der Waals surface area contributed by atoms with Crippen LogP contribution in [0.3, 0.4) is 0 Å². The fraction of sp³-hybridized carbons (Fsp3) is 0.333. The average molecular weight is 484 g/mol. The number of amides is 3. The maximum Gasteiger partial charge on any atom is 0.273 e. The highest BCUT2D eigenvalue weighted by atomic mass is 35.5. The molecular formula is C24H22ClN3O6. The lowest BCUT2D eigenvalue weighted by atomic mass is 9.76. The summed E-state index contributed by atoms with van der Waals surface area (Å²) < 4.78 is 0. The molecule has 176 valence electrons. The van der Waals surface area contributed by atoms with Gasteiger partial charge in [0.25, 0.3) is 23.4 Å². The molecular weight excluding hydrogens is 462 g/mol. The molecule has 1 aliphatic carbocycles. The number of benzene rings is 2. The molecule has 2 fully saturated rings. The van der Waals surface area contributed by atoms with Gasteiger partial charge < -0.3 is 0 Å². The van der Waals surface area contributed by atoms with Gasteiger partial charge in [-0.2, -0.15) is 5.01 Å². The molecule has 0 bridgehead atoms. The Balaban J connectivity index is 1.71. The molecule has 1 saturated carbocycles. The van der Waals surface area contributed by atoms with E-state index in [0.717, 1.165) is 22.5 Å². The highest BCUT2D eigenvalue weighted by Crippen LogP contribution is 2.41. The molecule has 2 aromatic carbocycles. The van der Waals surface area contributed by atoms with Crippen LogP contribution in [0.2, 0.25) is 5.02 Å². The van der Waals surface area contributed by atoms with Crippen molar-refractivity contribution in [2.24, 2.45) is 17.8 Å². The van der Waals surface area contributed by atoms with E-state index in [0.29, 0.717) is 17.9 Å². The van der Waals surface area contributed by atoms with Crippen molar-refractivity contribution in [3.05, 3.63) is 74.8 Å². The molecule has 0 aromatic heterocycles. The molecule has 2 aromatic rings. The van der Waals surface area contributed by atoms with Crippen LogP contribution in [0.1, 0.15) is 46.9 Å². The molecule has 2 aliphatic rings. The van der Waals surface area contributed by atoms with Crippen LogP contribution in [-0.2, 0) is 9.59 Å². The van der Waals surface area contributed by atoms with Crippen LogP contribution in [0.25, 0.3) is 0 Å². The summed E-state index contributed by atoms with van der Waals surface area (Å²) in [5.41, 5.74) is -0.190. The van der Waals surface area contributed by atoms with E-state index in [1.54, 1.807) is 0 Å². The van der Waals surface area contributed by atoms with E-state index in [1.807, 2.05) is 6.92 Å². The molecule has 0 N–H and O–H groups in total. The Kier molecular flexibility index (Phi) is 6.47. The van der Waals surface area contributed by atoms with E-state index in [1.165, 1.54) is 42.5 Å². The van der Waals surface area contributed by atoms with Crippen LogP contribution in [0, 0.1) is 27.9 Å². The fourth-order valence-electron chi connectivity index (χ4n) is 4.61. The first kappa shape index (κ1) is 23.6. The normalized spacial score (nSPS) is 21.8. The van der Waals surface area contributed by atoms with Crippen molar-refractivity contribution in [3.8, 4) is 0 Å². The minimum atomic E-state index is -0.848. The van der Waals surface area contributed by atoms with Gasteiger partial charge in [-0.1, -0.05) is 24.6 Å². The summed E-state index contributed by atoms with van der Waals surface area (Å²) in [6.07, 6.45) is 1.84. The van der Waals surface area contributed by atoms with Crippen LogP contribution < -0.4 is 0 Å². The summed E-state index contributed by atoms with van der Waals surface area (Å²) in [5, 5.41) is 13.2. The van der Waals surface area contributed by atoms with Gasteiger partial charge in [0.1, 0.15) is 6.54 Å². The smallest absolute Gasteiger partial charge is 0.273 e. The summed E-state index contributed by atoms with van der Waals surface area (Å²) in [6, 6.07) is 11.0. The van der Waals surface area contributed by atoms with Crippen molar-refractivity contribution < 1.29 is 24.1 Å². The Morgan fingerprint density at radius 1 is 1.06 bits per heavy atom. The Morgan fingerprint density at radius 2 is 1.74 bits per heavy atom. The van der Waals surface area contributed by atoms with Crippen molar-refractivity contribution in [2.45, 2.75) is 26.2 Å². The number of carbonyl (C=O) groups excluding carboxylic acids is 4. The lowest BCUT2D eigenvalue weighted by Crippen LogP contribution is -2.52. The first-order valence-electron chi connectivity index (χ1n) is 10.9. The zero-order valence-electron chi connectivity index (χ0n) is 18.3. The first-order chi connectivity index (χ1) is 16.2. The molecule has 1 heterocycles. The molecule has 3 amide bonds. The second-order valence-corrected chi connectivity index (χ2v) is 9.16. The average Bonchev–Trinajstić information content (AvgIpc) is 3.06. The Bertz CT molecular complexity index is 1180. The van der Waals surface area contributed by atoms with Crippen LogP contribution >= 0.6 is 11.6 Å². The van der Waals surface area contributed by atoms with Gasteiger partial charge in [0.2, 0.25) is 0 Å². The van der Waals surface area contributed by atoms with Gasteiger partial charge in [-0.05, 0) is 55.5 Å². The van der Waals surface area contributed by atoms with Crippen molar-refractivity contribution in [2.75, 3.05) is 6.54 Å². The number of hydrogen-bond acceptors (Lipinski definition) is 6. The maximum atomic E-state index is 13.5. The SMILES string of the molecule is C[C@@H]1CC[C@H]2C(=O)N(N(CC(=O)c3ccc(Cl)cc3)C(=O)c3cccc([N+](=O)[O-])c3)C(=O)[C@H]2C1. The number of hydrogen-bond donors (Lipinski definition) is 0. The summed E-state index contributed by atoms with van der Waals surface area (Å²) in [5.74, 6) is -3.25. The standard InChI is InChI=1S/C24H22ClN3O6/c1-14-5-10-19-20(11-14)24(32)27(23(19)31)26(13-21(29)15-6-8-17(25)9-7-15)22(30)16-3-2-4-18(12-16)28(33)34/h2-4,6-9,12,14,19-20H,5,10-11,13H2,1H3/t14-,19-,20+/m1/s1. The maximum absolute atomic E-state index is 13.5. The highest BCUT2D eigenvalue weighted by Gasteiger charge is 2.52. The molecule has 0 radical (unpaired) electrons. The van der Waals surface area contributed by atoms with Crippen molar-refractivity contribution in [3.63, 3.8) is 0 Å². The van der Waals surface area contributed by atoms with Crippen molar-refractivity contribution in [1.82, 2.24) is 10.0 Å². The van der Waals surface area contributed by atoms with E-state index in [4.69, 9.17) is 11.6 Å². The van der Waals surface area contributed by atoms with Crippen LogP contribution in [-0.4, -0.2) is 45.0 Å². The van der Waals surface area contributed by atoms with Crippen molar-refractivity contribution >= 4 is 40.8 Å². The third kappa shape index (κ3) is 4.43. The second kappa shape index (κ2) is 9.34. The van der Waals surface area contributed by atoms with Gasteiger partial charge >= 0.3 is 0 Å². The van der Waals surface area contributed by atoms with Gasteiger partial charge in [-0.3, -0.25) is 29.3 Å². The van der Waals surface area contributed by atoms with Gasteiger partial charge in [0, 0.05) is 28.3 Å². The van der Waals surface area contributed by atoms with Crippen molar-refractivity contribution in [1.29, 1.82) is 0 Å². The molecule has 0 unspecified atom stereocenters. The monoisotopic (exact) mass is 483 g/mol. The number of carbonyl (C=O) groups is 4. The predicted octanol–water partition coefficient (Wildman–Crippen LogP) is 3.91. The fourth-order valence-corrected chi connectivity index (χ4v) is 4.73. The summed E-state index contributed by atoms with van der Waals surface area (Å²) >= 11 is 5.89.